The number of aromatic amines is 1. The number of nitrogens with one attached hydrogen (secondary N) is 1. The monoisotopic (exact) mass is 440 g/mol. The molecule has 1 aliphatic rings. The molecule has 1 fully saturated rings. The molecule has 2 N–H and O–H groups in total. The van der Waals surface area contributed by atoms with Gasteiger partial charge in [0, 0.05) is 30.0 Å². The Hall–Kier alpha value is -3.36. The summed E-state index contributed by atoms with van der Waals surface area (Å²) in [5.41, 5.74) is 1.19. The van der Waals surface area contributed by atoms with Crippen LogP contribution in [0.5, 0.6) is 5.88 Å². The minimum Gasteiger partial charge on any atom is -0.493 e. The number of benzene rings is 2. The third-order valence-corrected chi connectivity index (χ3v) is 5.51. The van der Waals surface area contributed by atoms with Crippen LogP contribution >= 0.6 is 11.6 Å². The maximum Gasteiger partial charge on any atom is 0.335 e. The number of rotatable bonds is 4. The summed E-state index contributed by atoms with van der Waals surface area (Å²) in [6, 6.07) is 12.4. The minimum absolute atomic E-state index is 0.131. The van der Waals surface area contributed by atoms with E-state index in [9.17, 15) is 14.7 Å². The van der Waals surface area contributed by atoms with Crippen LogP contribution in [0.15, 0.2) is 57.0 Å². The van der Waals surface area contributed by atoms with Gasteiger partial charge >= 0.3 is 5.69 Å². The topological polar surface area (TPSA) is 99.9 Å². The molecule has 8 nitrogen and oxygen atoms in total. The molecule has 3 aromatic rings. The van der Waals surface area contributed by atoms with Crippen LogP contribution < -0.4 is 16.1 Å². The van der Waals surface area contributed by atoms with Gasteiger partial charge < -0.3 is 14.7 Å². The van der Waals surface area contributed by atoms with E-state index < -0.39 is 17.1 Å². The third-order valence-electron chi connectivity index (χ3n) is 5.10. The molecule has 0 atom stereocenters. The summed E-state index contributed by atoms with van der Waals surface area (Å²) < 4.78 is 6.35. The highest BCUT2D eigenvalue weighted by atomic mass is 35.5. The number of nitrogens with zero attached hydrogens (tertiary/aromatic N) is 3. The lowest BCUT2D eigenvalue weighted by molar-refractivity contribution is 0.122. The van der Waals surface area contributed by atoms with Crippen molar-refractivity contribution in [2.75, 3.05) is 31.2 Å². The summed E-state index contributed by atoms with van der Waals surface area (Å²) >= 11 is 6.14. The number of morpholine rings is 1. The van der Waals surface area contributed by atoms with E-state index in [1.54, 1.807) is 18.2 Å². The van der Waals surface area contributed by atoms with E-state index in [1.807, 2.05) is 31.2 Å². The van der Waals surface area contributed by atoms with Crippen molar-refractivity contribution in [2.45, 2.75) is 6.92 Å². The van der Waals surface area contributed by atoms with Gasteiger partial charge in [-0.25, -0.2) is 9.36 Å². The number of hydrogen-bond acceptors (Lipinski definition) is 6. The van der Waals surface area contributed by atoms with Gasteiger partial charge in [-0.2, -0.15) is 0 Å². The first-order valence-corrected chi connectivity index (χ1v) is 10.1. The van der Waals surface area contributed by atoms with E-state index in [1.165, 1.54) is 6.21 Å². The Kier molecular flexibility index (Phi) is 5.92. The number of aromatic hydroxyl groups is 1. The molecule has 0 unspecified atom stereocenters. The number of hydrogen-bond donors (Lipinski definition) is 2. The fraction of sp³-hybridized carbons (Fsp3) is 0.227. The number of aromatic nitrogens is 2. The molecule has 1 aliphatic heterocycles. The Balaban J connectivity index is 1.65. The standard InChI is InChI=1S/C22H21ClN4O4/c1-14-2-5-17(12-19(14)23)27-21(29)18(20(28)25-22(27)30)13-24-15-3-6-16(7-4-15)26-8-10-31-11-9-26/h2-7,12-13,29H,8-11H2,1H3,(H,25,28,30). The molecule has 160 valence electrons. The summed E-state index contributed by atoms with van der Waals surface area (Å²) in [6.45, 7) is 4.88. The maximum atomic E-state index is 12.3. The van der Waals surface area contributed by atoms with Gasteiger partial charge in [0.15, 0.2) is 0 Å². The lowest BCUT2D eigenvalue weighted by atomic mass is 10.2. The van der Waals surface area contributed by atoms with E-state index in [2.05, 4.69) is 14.9 Å². The van der Waals surface area contributed by atoms with Crippen LogP contribution in [-0.2, 0) is 4.74 Å². The first kappa shape index (κ1) is 20.9. The van der Waals surface area contributed by atoms with Gasteiger partial charge in [0.1, 0.15) is 5.56 Å². The SMILES string of the molecule is Cc1ccc(-n2c(O)c(C=Nc3ccc(N4CCOCC4)cc3)c(=O)[nH]c2=O)cc1Cl. The second-order valence-corrected chi connectivity index (χ2v) is 7.55. The van der Waals surface area contributed by atoms with Gasteiger partial charge in [-0.1, -0.05) is 17.7 Å². The van der Waals surface area contributed by atoms with Crippen molar-refractivity contribution in [3.8, 4) is 11.6 Å². The number of aliphatic imine (C=N–C) groups is 1. The van der Waals surface area contributed by atoms with Gasteiger partial charge in [-0.15, -0.1) is 0 Å². The van der Waals surface area contributed by atoms with Crippen molar-refractivity contribution in [3.63, 3.8) is 0 Å². The number of halogens is 1. The molecule has 9 heteroatoms. The molecule has 0 saturated carbocycles. The van der Waals surface area contributed by atoms with Crippen molar-refractivity contribution in [3.05, 3.63) is 79.5 Å². The lowest BCUT2D eigenvalue weighted by Crippen LogP contribution is -2.36. The number of H-pyrrole nitrogens is 1. The Morgan fingerprint density at radius 2 is 1.77 bits per heavy atom. The molecule has 0 aliphatic carbocycles. The quantitative estimate of drug-likeness (QED) is 0.608. The van der Waals surface area contributed by atoms with Crippen molar-refractivity contribution < 1.29 is 9.84 Å². The second kappa shape index (κ2) is 8.79. The molecule has 0 bridgehead atoms. The molecule has 0 radical (unpaired) electrons. The van der Waals surface area contributed by atoms with Crippen LogP contribution in [0.4, 0.5) is 11.4 Å². The van der Waals surface area contributed by atoms with Crippen molar-refractivity contribution in [1.29, 1.82) is 0 Å². The summed E-state index contributed by atoms with van der Waals surface area (Å²) in [6.07, 6.45) is 1.24. The zero-order valence-electron chi connectivity index (χ0n) is 16.8. The van der Waals surface area contributed by atoms with Gasteiger partial charge in [-0.3, -0.25) is 14.8 Å². The van der Waals surface area contributed by atoms with E-state index in [-0.39, 0.29) is 5.56 Å². The van der Waals surface area contributed by atoms with Crippen LogP contribution in [0.1, 0.15) is 11.1 Å². The van der Waals surface area contributed by atoms with Gasteiger partial charge in [-0.05, 0) is 48.9 Å². The largest absolute Gasteiger partial charge is 0.493 e. The van der Waals surface area contributed by atoms with Crippen LogP contribution in [0.3, 0.4) is 0 Å². The Morgan fingerprint density at radius 3 is 2.45 bits per heavy atom. The van der Waals surface area contributed by atoms with E-state index in [0.29, 0.717) is 29.6 Å². The summed E-state index contributed by atoms with van der Waals surface area (Å²) in [7, 11) is 0. The summed E-state index contributed by atoms with van der Waals surface area (Å²) in [4.78, 5) is 33.3. The van der Waals surface area contributed by atoms with Crippen LogP contribution in [0.25, 0.3) is 5.69 Å². The highest BCUT2D eigenvalue weighted by Crippen LogP contribution is 2.23. The highest BCUT2D eigenvalue weighted by Gasteiger charge is 2.15. The first-order valence-electron chi connectivity index (χ1n) is 9.75. The van der Waals surface area contributed by atoms with Crippen molar-refractivity contribution in [2.24, 2.45) is 4.99 Å². The number of ether oxygens (including phenoxy) is 1. The lowest BCUT2D eigenvalue weighted by Gasteiger charge is -2.28. The number of anilines is 1. The van der Waals surface area contributed by atoms with Gasteiger partial charge in [0.25, 0.3) is 5.56 Å². The Bertz CT molecular complexity index is 1240. The predicted octanol–water partition coefficient (Wildman–Crippen LogP) is 2.78. The average molecular weight is 441 g/mol. The van der Waals surface area contributed by atoms with Crippen LogP contribution in [0, 0.1) is 6.92 Å². The smallest absolute Gasteiger partial charge is 0.335 e. The summed E-state index contributed by atoms with van der Waals surface area (Å²) in [5.74, 6) is -0.512. The molecule has 0 amide bonds. The molecule has 1 aromatic heterocycles. The molecule has 2 heterocycles. The van der Waals surface area contributed by atoms with Crippen molar-refractivity contribution in [1.82, 2.24) is 9.55 Å². The molecular weight excluding hydrogens is 420 g/mol. The molecule has 31 heavy (non-hydrogen) atoms. The normalized spacial score (nSPS) is 14.3. The van der Waals surface area contributed by atoms with E-state index >= 15 is 0 Å². The van der Waals surface area contributed by atoms with Gasteiger partial charge in [0.05, 0.1) is 24.6 Å². The Morgan fingerprint density at radius 1 is 1.10 bits per heavy atom. The molecule has 0 spiro atoms. The molecular formula is C22H21ClN4O4. The highest BCUT2D eigenvalue weighted by molar-refractivity contribution is 6.31. The van der Waals surface area contributed by atoms with E-state index in [4.69, 9.17) is 16.3 Å². The zero-order valence-corrected chi connectivity index (χ0v) is 17.6. The fourth-order valence-corrected chi connectivity index (χ4v) is 3.50. The number of aryl methyl sites for hydroxylation is 1. The second-order valence-electron chi connectivity index (χ2n) is 7.14. The average Bonchev–Trinajstić information content (AvgIpc) is 2.77. The van der Waals surface area contributed by atoms with E-state index in [0.717, 1.165) is 28.9 Å². The third kappa shape index (κ3) is 4.40. The minimum atomic E-state index is -0.769. The van der Waals surface area contributed by atoms with Crippen molar-refractivity contribution >= 4 is 29.2 Å². The molecule has 1 saturated heterocycles. The summed E-state index contributed by atoms with van der Waals surface area (Å²) in [5, 5.41) is 11.1. The van der Waals surface area contributed by atoms with Crippen LogP contribution in [-0.4, -0.2) is 47.2 Å². The zero-order chi connectivity index (χ0) is 22.0. The van der Waals surface area contributed by atoms with Crippen LogP contribution in [0.2, 0.25) is 5.02 Å². The first-order chi connectivity index (χ1) is 14.9. The maximum absolute atomic E-state index is 12.3. The predicted molar refractivity (Wildman–Crippen MR) is 121 cm³/mol. The Labute approximate surface area is 183 Å². The fourth-order valence-electron chi connectivity index (χ4n) is 3.33. The van der Waals surface area contributed by atoms with Gasteiger partial charge in [0.2, 0.25) is 5.88 Å². The molecule has 2 aromatic carbocycles. The molecule has 4 rings (SSSR count).